The number of halogens is 1. The largest absolute Gasteiger partial charge is 0.490 e. The summed E-state index contributed by atoms with van der Waals surface area (Å²) < 4.78 is 12.0. The van der Waals surface area contributed by atoms with E-state index < -0.39 is 0 Å². The molecule has 2 rings (SSSR count). The second-order valence-corrected chi connectivity index (χ2v) is 6.66. The number of carbonyl (C=O) groups is 1. The average Bonchev–Trinajstić information content (AvgIpc) is 2.61. The van der Waals surface area contributed by atoms with Crippen LogP contribution in [0.5, 0.6) is 5.75 Å². The third-order valence-corrected chi connectivity index (χ3v) is 4.18. The van der Waals surface area contributed by atoms with Crippen LogP contribution in [0.15, 0.2) is 53.0 Å². The first-order valence-corrected chi connectivity index (χ1v) is 9.24. The van der Waals surface area contributed by atoms with E-state index >= 15 is 0 Å². The Hall–Kier alpha value is -1.85. The number of benzene rings is 2. The Morgan fingerprint density at radius 3 is 2.56 bits per heavy atom. The lowest BCUT2D eigenvalue weighted by atomic mass is 10.1. The van der Waals surface area contributed by atoms with Crippen molar-refractivity contribution in [1.29, 1.82) is 0 Å². The number of hydrogen-bond acceptors (Lipinski definition) is 3. The topological polar surface area (TPSA) is 47.6 Å². The monoisotopic (exact) mass is 405 g/mol. The molecule has 0 aliphatic carbocycles. The van der Waals surface area contributed by atoms with Crippen LogP contribution < -0.4 is 10.1 Å². The Labute approximate surface area is 157 Å². The first-order chi connectivity index (χ1) is 12.1. The predicted octanol–water partition coefficient (Wildman–Crippen LogP) is 4.23. The molecule has 2 aromatic rings. The predicted molar refractivity (Wildman–Crippen MR) is 103 cm³/mol. The van der Waals surface area contributed by atoms with Crippen molar-refractivity contribution in [1.82, 2.24) is 5.32 Å². The number of amides is 1. The minimum Gasteiger partial charge on any atom is -0.490 e. The maximum atomic E-state index is 12.6. The fraction of sp³-hybridized carbons (Fsp3) is 0.350. The van der Waals surface area contributed by atoms with Crippen molar-refractivity contribution in [2.45, 2.75) is 26.3 Å². The Bertz CT molecular complexity index is 673. The number of hydrogen-bond donors (Lipinski definition) is 1. The summed E-state index contributed by atoms with van der Waals surface area (Å²) in [6, 6.07) is 15.4. The molecule has 0 fully saturated rings. The van der Waals surface area contributed by atoms with Crippen molar-refractivity contribution in [2.75, 3.05) is 19.8 Å². The van der Waals surface area contributed by atoms with Crippen LogP contribution in [-0.2, 0) is 11.2 Å². The van der Waals surface area contributed by atoms with E-state index in [1.807, 2.05) is 38.1 Å². The molecule has 134 valence electrons. The van der Waals surface area contributed by atoms with Gasteiger partial charge in [0.15, 0.2) is 0 Å². The van der Waals surface area contributed by atoms with Gasteiger partial charge in [-0.3, -0.25) is 4.79 Å². The zero-order valence-electron chi connectivity index (χ0n) is 14.6. The second-order valence-electron chi connectivity index (χ2n) is 5.75. The molecule has 4 nitrogen and oxygen atoms in total. The third-order valence-electron chi connectivity index (χ3n) is 3.65. The summed E-state index contributed by atoms with van der Waals surface area (Å²) in [6.07, 6.45) is 0.770. The molecule has 5 heteroatoms. The third kappa shape index (κ3) is 6.52. The molecule has 0 aromatic heterocycles. The first kappa shape index (κ1) is 19.5. The van der Waals surface area contributed by atoms with E-state index in [1.165, 1.54) is 5.56 Å². The molecular weight excluding hydrogens is 382 g/mol. The van der Waals surface area contributed by atoms with Crippen LogP contribution >= 0.6 is 15.9 Å². The normalized spacial score (nSPS) is 11.8. The van der Waals surface area contributed by atoms with Gasteiger partial charge in [0.05, 0.1) is 12.2 Å². The van der Waals surface area contributed by atoms with Gasteiger partial charge in [-0.1, -0.05) is 40.2 Å². The van der Waals surface area contributed by atoms with Gasteiger partial charge in [0, 0.05) is 17.1 Å². The molecule has 0 heterocycles. The number of para-hydroxylation sites is 1. The summed E-state index contributed by atoms with van der Waals surface area (Å²) in [5.74, 6) is 0.451. The van der Waals surface area contributed by atoms with Gasteiger partial charge < -0.3 is 14.8 Å². The van der Waals surface area contributed by atoms with Gasteiger partial charge in [-0.15, -0.1) is 0 Å². The highest BCUT2D eigenvalue weighted by Crippen LogP contribution is 2.18. The van der Waals surface area contributed by atoms with E-state index in [1.54, 1.807) is 12.1 Å². The Morgan fingerprint density at radius 2 is 1.84 bits per heavy atom. The molecule has 1 N–H and O–H groups in total. The second kappa shape index (κ2) is 10.2. The van der Waals surface area contributed by atoms with E-state index in [4.69, 9.17) is 9.47 Å². The highest BCUT2D eigenvalue weighted by atomic mass is 79.9. The lowest BCUT2D eigenvalue weighted by Gasteiger charge is -2.16. The molecule has 1 atom stereocenters. The van der Waals surface area contributed by atoms with Gasteiger partial charge in [-0.25, -0.2) is 0 Å². The fourth-order valence-electron chi connectivity index (χ4n) is 2.46. The molecule has 1 unspecified atom stereocenters. The molecule has 0 aliphatic rings. The Morgan fingerprint density at radius 1 is 1.12 bits per heavy atom. The van der Waals surface area contributed by atoms with E-state index in [2.05, 4.69) is 33.4 Å². The molecule has 0 spiro atoms. The van der Waals surface area contributed by atoms with Gasteiger partial charge in [0.25, 0.3) is 5.91 Å². The van der Waals surface area contributed by atoms with Crippen LogP contribution in [0.4, 0.5) is 0 Å². The van der Waals surface area contributed by atoms with Crippen LogP contribution in [-0.4, -0.2) is 31.8 Å². The molecular formula is C20H24BrNO3. The zero-order chi connectivity index (χ0) is 18.1. The summed E-state index contributed by atoms with van der Waals surface area (Å²) in [6.45, 7) is 5.52. The van der Waals surface area contributed by atoms with Gasteiger partial charge in [0.1, 0.15) is 12.4 Å². The van der Waals surface area contributed by atoms with E-state index in [0.717, 1.165) is 10.9 Å². The summed E-state index contributed by atoms with van der Waals surface area (Å²) in [5.41, 5.74) is 1.72. The molecule has 0 radical (unpaired) electrons. The van der Waals surface area contributed by atoms with Crippen LogP contribution in [0.3, 0.4) is 0 Å². The Balaban J connectivity index is 1.94. The SMILES string of the molecule is CCOCCOc1ccccc1C(=O)NC(C)Cc1ccc(Br)cc1. The molecule has 1 amide bonds. The van der Waals surface area contributed by atoms with Gasteiger partial charge in [0.2, 0.25) is 0 Å². The quantitative estimate of drug-likeness (QED) is 0.635. The van der Waals surface area contributed by atoms with Crippen LogP contribution in [0.2, 0.25) is 0 Å². The number of ether oxygens (including phenoxy) is 2. The fourth-order valence-corrected chi connectivity index (χ4v) is 2.73. The van der Waals surface area contributed by atoms with Crippen molar-refractivity contribution in [3.63, 3.8) is 0 Å². The van der Waals surface area contributed by atoms with Gasteiger partial charge in [-0.2, -0.15) is 0 Å². The maximum Gasteiger partial charge on any atom is 0.255 e. The maximum absolute atomic E-state index is 12.6. The lowest BCUT2D eigenvalue weighted by molar-refractivity contribution is 0.0924. The molecule has 0 aliphatic heterocycles. The van der Waals surface area contributed by atoms with Crippen LogP contribution in [0.1, 0.15) is 29.8 Å². The van der Waals surface area contributed by atoms with E-state index in [9.17, 15) is 4.79 Å². The highest BCUT2D eigenvalue weighted by Gasteiger charge is 2.14. The van der Waals surface area contributed by atoms with Crippen molar-refractivity contribution >= 4 is 21.8 Å². The van der Waals surface area contributed by atoms with Crippen molar-refractivity contribution in [3.8, 4) is 5.75 Å². The van der Waals surface area contributed by atoms with Crippen molar-refractivity contribution < 1.29 is 14.3 Å². The highest BCUT2D eigenvalue weighted by molar-refractivity contribution is 9.10. The minimum absolute atomic E-state index is 0.0187. The smallest absolute Gasteiger partial charge is 0.255 e. The van der Waals surface area contributed by atoms with Crippen molar-refractivity contribution in [2.24, 2.45) is 0 Å². The Kier molecular flexibility index (Phi) is 7.95. The first-order valence-electron chi connectivity index (χ1n) is 8.45. The van der Waals surface area contributed by atoms with Crippen molar-refractivity contribution in [3.05, 3.63) is 64.1 Å². The van der Waals surface area contributed by atoms with Gasteiger partial charge in [-0.05, 0) is 50.1 Å². The molecule has 2 aromatic carbocycles. The van der Waals surface area contributed by atoms with Crippen LogP contribution in [0, 0.1) is 0 Å². The zero-order valence-corrected chi connectivity index (χ0v) is 16.2. The average molecular weight is 406 g/mol. The molecule has 0 bridgehead atoms. The molecule has 0 saturated carbocycles. The number of nitrogens with one attached hydrogen (secondary N) is 1. The minimum atomic E-state index is -0.128. The lowest BCUT2D eigenvalue weighted by Crippen LogP contribution is -2.34. The summed E-state index contributed by atoms with van der Waals surface area (Å²) in [5, 5.41) is 3.04. The van der Waals surface area contributed by atoms with Gasteiger partial charge >= 0.3 is 0 Å². The standard InChI is InChI=1S/C20H24BrNO3/c1-3-24-12-13-25-19-7-5-4-6-18(19)20(23)22-15(2)14-16-8-10-17(21)11-9-16/h4-11,15H,3,12-14H2,1-2H3,(H,22,23). The van der Waals surface area contributed by atoms with E-state index in [-0.39, 0.29) is 11.9 Å². The molecule has 0 saturated heterocycles. The number of rotatable bonds is 9. The van der Waals surface area contributed by atoms with Crippen LogP contribution in [0.25, 0.3) is 0 Å². The summed E-state index contributed by atoms with van der Waals surface area (Å²) in [4.78, 5) is 12.6. The van der Waals surface area contributed by atoms with E-state index in [0.29, 0.717) is 31.1 Å². The molecule has 25 heavy (non-hydrogen) atoms. The summed E-state index contributed by atoms with van der Waals surface area (Å²) >= 11 is 3.43. The number of carbonyl (C=O) groups excluding carboxylic acids is 1. The summed E-state index contributed by atoms with van der Waals surface area (Å²) in [7, 11) is 0.